The summed E-state index contributed by atoms with van der Waals surface area (Å²) in [5, 5.41) is 3.16. The molecule has 0 bridgehead atoms. The van der Waals surface area contributed by atoms with Gasteiger partial charge in [0.25, 0.3) is 10.2 Å². The van der Waals surface area contributed by atoms with Crippen molar-refractivity contribution in [2.75, 3.05) is 19.6 Å². The van der Waals surface area contributed by atoms with E-state index in [1.165, 1.54) is 0 Å². The first-order valence-electron chi connectivity index (χ1n) is 5.11. The highest BCUT2D eigenvalue weighted by Crippen LogP contribution is 2.01. The molecule has 6 heteroatoms. The van der Waals surface area contributed by atoms with Crippen LogP contribution in [0.15, 0.2) is 0 Å². The zero-order chi connectivity index (χ0) is 10.4. The summed E-state index contributed by atoms with van der Waals surface area (Å²) in [6.45, 7) is 4.15. The minimum absolute atomic E-state index is 0.0399. The van der Waals surface area contributed by atoms with Crippen molar-refractivity contribution in [3.05, 3.63) is 0 Å². The fourth-order valence-electron chi connectivity index (χ4n) is 1.45. The zero-order valence-corrected chi connectivity index (χ0v) is 9.36. The van der Waals surface area contributed by atoms with Crippen molar-refractivity contribution in [1.82, 2.24) is 14.8 Å². The summed E-state index contributed by atoms with van der Waals surface area (Å²) in [5.74, 6) is 0. The standard InChI is InChI=1S/C8H19N3O2S/c1-2-5-10-14(12,13)11-8-4-3-6-9-7-8/h8-11H,2-7H2,1H3. The molecular weight excluding hydrogens is 202 g/mol. The van der Waals surface area contributed by atoms with Gasteiger partial charge in [0.15, 0.2) is 0 Å². The van der Waals surface area contributed by atoms with Crippen molar-refractivity contribution in [3.8, 4) is 0 Å². The highest BCUT2D eigenvalue weighted by atomic mass is 32.2. The summed E-state index contributed by atoms with van der Waals surface area (Å²) in [4.78, 5) is 0. The molecule has 1 rings (SSSR count). The normalized spacial score (nSPS) is 23.6. The Morgan fingerprint density at radius 3 is 2.86 bits per heavy atom. The van der Waals surface area contributed by atoms with Crippen molar-refractivity contribution in [1.29, 1.82) is 0 Å². The number of hydrogen-bond donors (Lipinski definition) is 3. The summed E-state index contributed by atoms with van der Waals surface area (Å²) in [5.41, 5.74) is 0. The van der Waals surface area contributed by atoms with Gasteiger partial charge in [-0.05, 0) is 25.8 Å². The topological polar surface area (TPSA) is 70.2 Å². The van der Waals surface area contributed by atoms with Gasteiger partial charge in [0, 0.05) is 19.1 Å². The van der Waals surface area contributed by atoms with Crippen LogP contribution in [0.5, 0.6) is 0 Å². The molecule has 5 nitrogen and oxygen atoms in total. The quantitative estimate of drug-likeness (QED) is 0.590. The van der Waals surface area contributed by atoms with Crippen molar-refractivity contribution in [2.45, 2.75) is 32.2 Å². The van der Waals surface area contributed by atoms with Crippen LogP contribution < -0.4 is 14.8 Å². The SMILES string of the molecule is CCCNS(=O)(=O)NC1CCCNC1. The first-order chi connectivity index (χ1) is 6.64. The zero-order valence-electron chi connectivity index (χ0n) is 8.54. The molecule has 1 fully saturated rings. The van der Waals surface area contributed by atoms with Gasteiger partial charge >= 0.3 is 0 Å². The molecule has 0 radical (unpaired) electrons. The van der Waals surface area contributed by atoms with Gasteiger partial charge in [0.2, 0.25) is 0 Å². The van der Waals surface area contributed by atoms with E-state index in [1.807, 2.05) is 6.92 Å². The van der Waals surface area contributed by atoms with Crippen LogP contribution in [0.4, 0.5) is 0 Å². The van der Waals surface area contributed by atoms with Crippen LogP contribution in [0.25, 0.3) is 0 Å². The smallest absolute Gasteiger partial charge is 0.277 e. The van der Waals surface area contributed by atoms with Crippen LogP contribution >= 0.6 is 0 Å². The van der Waals surface area contributed by atoms with E-state index in [0.29, 0.717) is 6.54 Å². The lowest BCUT2D eigenvalue weighted by Gasteiger charge is -2.23. The van der Waals surface area contributed by atoms with Crippen LogP contribution in [-0.2, 0) is 10.2 Å². The van der Waals surface area contributed by atoms with E-state index >= 15 is 0 Å². The number of piperidine rings is 1. The Hall–Kier alpha value is -0.170. The molecule has 0 aromatic rings. The third-order valence-corrected chi connectivity index (χ3v) is 3.39. The molecule has 1 atom stereocenters. The molecule has 14 heavy (non-hydrogen) atoms. The predicted octanol–water partition coefficient (Wildman–Crippen LogP) is -0.428. The molecule has 0 saturated carbocycles. The molecule has 1 unspecified atom stereocenters. The highest BCUT2D eigenvalue weighted by Gasteiger charge is 2.18. The summed E-state index contributed by atoms with van der Waals surface area (Å²) >= 11 is 0. The first kappa shape index (κ1) is 11.9. The molecule has 1 aliphatic heterocycles. The number of nitrogens with one attached hydrogen (secondary N) is 3. The summed E-state index contributed by atoms with van der Waals surface area (Å²) in [6.07, 6.45) is 2.75. The minimum atomic E-state index is -3.28. The molecule has 0 spiro atoms. The molecule has 1 saturated heterocycles. The minimum Gasteiger partial charge on any atom is -0.315 e. The Morgan fingerprint density at radius 1 is 1.50 bits per heavy atom. The molecular formula is C8H19N3O2S. The number of rotatable bonds is 5. The summed E-state index contributed by atoms with van der Waals surface area (Å²) in [7, 11) is -3.28. The van der Waals surface area contributed by atoms with Crippen LogP contribution in [-0.4, -0.2) is 34.1 Å². The average molecular weight is 221 g/mol. The molecule has 0 amide bonds. The maximum absolute atomic E-state index is 11.4. The Morgan fingerprint density at radius 2 is 2.29 bits per heavy atom. The van der Waals surface area contributed by atoms with Gasteiger partial charge in [0.1, 0.15) is 0 Å². The molecule has 3 N–H and O–H groups in total. The van der Waals surface area contributed by atoms with E-state index in [-0.39, 0.29) is 6.04 Å². The first-order valence-corrected chi connectivity index (χ1v) is 6.60. The second kappa shape index (κ2) is 5.65. The van der Waals surface area contributed by atoms with Crippen LogP contribution in [0.1, 0.15) is 26.2 Å². The summed E-state index contributed by atoms with van der Waals surface area (Å²) in [6, 6.07) is 0.0399. The van der Waals surface area contributed by atoms with Gasteiger partial charge < -0.3 is 5.32 Å². The van der Waals surface area contributed by atoms with Gasteiger partial charge in [-0.15, -0.1) is 0 Å². The summed E-state index contributed by atoms with van der Waals surface area (Å²) < 4.78 is 27.9. The average Bonchev–Trinajstić information content (AvgIpc) is 2.16. The lowest BCUT2D eigenvalue weighted by Crippen LogP contribution is -2.49. The monoisotopic (exact) mass is 221 g/mol. The second-order valence-corrected chi connectivity index (χ2v) is 5.09. The fraction of sp³-hybridized carbons (Fsp3) is 1.00. The molecule has 0 aromatic carbocycles. The molecule has 84 valence electrons. The van der Waals surface area contributed by atoms with E-state index in [4.69, 9.17) is 0 Å². The van der Waals surface area contributed by atoms with Crippen LogP contribution in [0, 0.1) is 0 Å². The van der Waals surface area contributed by atoms with Gasteiger partial charge in [-0.2, -0.15) is 13.1 Å². The van der Waals surface area contributed by atoms with E-state index < -0.39 is 10.2 Å². The van der Waals surface area contributed by atoms with Gasteiger partial charge in [-0.1, -0.05) is 6.92 Å². The van der Waals surface area contributed by atoms with E-state index in [9.17, 15) is 8.42 Å². The Labute approximate surface area is 85.8 Å². The van der Waals surface area contributed by atoms with E-state index in [1.54, 1.807) is 0 Å². The fourth-order valence-corrected chi connectivity index (χ4v) is 2.65. The van der Waals surface area contributed by atoms with Gasteiger partial charge in [-0.3, -0.25) is 0 Å². The second-order valence-electron chi connectivity index (χ2n) is 3.56. The molecule has 0 aliphatic carbocycles. The van der Waals surface area contributed by atoms with Crippen LogP contribution in [0.2, 0.25) is 0 Å². The van der Waals surface area contributed by atoms with Crippen molar-refractivity contribution in [2.24, 2.45) is 0 Å². The third kappa shape index (κ3) is 4.36. The van der Waals surface area contributed by atoms with E-state index in [2.05, 4.69) is 14.8 Å². The lowest BCUT2D eigenvalue weighted by atomic mass is 10.1. The van der Waals surface area contributed by atoms with Gasteiger partial charge in [0.05, 0.1) is 0 Å². The Bertz CT molecular complexity index is 247. The maximum Gasteiger partial charge on any atom is 0.277 e. The van der Waals surface area contributed by atoms with Crippen molar-refractivity contribution < 1.29 is 8.42 Å². The largest absolute Gasteiger partial charge is 0.315 e. The van der Waals surface area contributed by atoms with E-state index in [0.717, 1.165) is 32.4 Å². The molecule has 1 aliphatic rings. The molecule has 1 heterocycles. The third-order valence-electron chi connectivity index (χ3n) is 2.16. The Balaban J connectivity index is 2.33. The number of hydrogen-bond acceptors (Lipinski definition) is 3. The highest BCUT2D eigenvalue weighted by molar-refractivity contribution is 7.87. The van der Waals surface area contributed by atoms with Gasteiger partial charge in [-0.25, -0.2) is 4.72 Å². The van der Waals surface area contributed by atoms with Crippen molar-refractivity contribution in [3.63, 3.8) is 0 Å². The molecule has 0 aromatic heterocycles. The Kier molecular flexibility index (Phi) is 4.80. The van der Waals surface area contributed by atoms with Crippen LogP contribution in [0.3, 0.4) is 0 Å². The predicted molar refractivity (Wildman–Crippen MR) is 56.2 cm³/mol. The lowest BCUT2D eigenvalue weighted by molar-refractivity contribution is 0.426. The van der Waals surface area contributed by atoms with Crippen molar-refractivity contribution >= 4 is 10.2 Å². The maximum atomic E-state index is 11.4.